The molecule has 0 N–H and O–H groups in total. The molecule has 0 atom stereocenters. The summed E-state index contributed by atoms with van der Waals surface area (Å²) in [4.78, 5) is 0. The van der Waals surface area contributed by atoms with Gasteiger partial charge in [-0.25, -0.2) is 0 Å². The van der Waals surface area contributed by atoms with Gasteiger partial charge in [-0.1, -0.05) is 0 Å². The Hall–Kier alpha value is 4.30. The zero-order valence-electron chi connectivity index (χ0n) is 3.63. The first kappa shape index (κ1) is 48.2. The molecule has 0 saturated carbocycles. The van der Waals surface area contributed by atoms with Gasteiger partial charge in [0, 0.05) is 83.1 Å². The van der Waals surface area contributed by atoms with Crippen LogP contribution in [0.25, 0.3) is 0 Å². The van der Waals surface area contributed by atoms with Crippen molar-refractivity contribution < 1.29 is 83.1 Å². The van der Waals surface area contributed by atoms with Crippen molar-refractivity contribution in [3.63, 3.8) is 0 Å². The van der Waals surface area contributed by atoms with Crippen LogP contribution in [-0.2, 0) is 83.1 Å². The molecule has 0 nitrogen and oxygen atoms in total. The molecule has 0 aliphatic rings. The Kier molecular flexibility index (Phi) is 278. The van der Waals surface area contributed by atoms with Gasteiger partial charge in [-0.05, 0) is 0 Å². The number of hydrogen-bond donors (Lipinski definition) is 0. The maximum atomic E-state index is 0. The molecule has 0 aromatic carbocycles. The number of rotatable bonds is 0. The average molecular weight is 528 g/mol. The molecule has 0 rings (SSSR count). The zero-order chi connectivity index (χ0) is 0. The Morgan fingerprint density at radius 1 is 0.667 bits per heavy atom. The predicted molar refractivity (Wildman–Crippen MR) is 17.1 cm³/mol. The smallest absolute Gasteiger partial charge is 0 e. The van der Waals surface area contributed by atoms with Crippen molar-refractivity contribution in [2.24, 2.45) is 0 Å². The molecule has 31 valence electrons. The average Bonchev–Trinajstić information content (AvgIpc) is 0. The zero-order valence-corrected chi connectivity index (χ0v) is 20.7. The van der Waals surface area contributed by atoms with Crippen LogP contribution in [0.5, 0.6) is 0 Å². The first-order valence-electron chi connectivity index (χ1n) is 0. The molecule has 0 aromatic heterocycles. The van der Waals surface area contributed by atoms with E-state index in [1.165, 1.54) is 0 Å². The largest absolute Gasteiger partial charge is 0 e. The predicted octanol–water partition coefficient (Wildman–Crippen LogP) is -1.84. The molecule has 0 amide bonds. The Morgan fingerprint density at radius 3 is 0.667 bits per heavy atom. The van der Waals surface area contributed by atoms with E-state index in [0.29, 0.717) is 0 Å². The van der Waals surface area contributed by atoms with E-state index in [-0.39, 0.29) is 131 Å². The summed E-state index contributed by atoms with van der Waals surface area (Å²) in [5.41, 5.74) is 0. The summed E-state index contributed by atoms with van der Waals surface area (Å²) in [6, 6.07) is 0. The molecule has 0 saturated heterocycles. The molecular formula is H4AgSn2TiZn2. The minimum absolute atomic E-state index is 0. The van der Waals surface area contributed by atoms with Crippen molar-refractivity contribution in [3.05, 3.63) is 0 Å². The minimum atomic E-state index is 0. The fraction of sp³-hybridized carbons (Fsp3) is 0. The molecular weight excluding hydrogens is 524 g/mol. The van der Waals surface area contributed by atoms with E-state index < -0.39 is 0 Å². The van der Waals surface area contributed by atoms with Gasteiger partial charge in [0.05, 0.1) is 0 Å². The summed E-state index contributed by atoms with van der Waals surface area (Å²) in [5, 5.41) is 0. The van der Waals surface area contributed by atoms with Gasteiger partial charge >= 0.3 is 47.8 Å². The van der Waals surface area contributed by atoms with Gasteiger partial charge in [0.2, 0.25) is 0 Å². The van der Waals surface area contributed by atoms with Gasteiger partial charge in [0.1, 0.15) is 0 Å². The second-order valence-electron chi connectivity index (χ2n) is 0. The third-order valence-corrected chi connectivity index (χ3v) is 0. The SMILES string of the molecule is [Ag].[SnH2].[SnH2].[Ti].[Zn].[Zn]. The summed E-state index contributed by atoms with van der Waals surface area (Å²) >= 11 is 0. The second-order valence-corrected chi connectivity index (χ2v) is 0. The van der Waals surface area contributed by atoms with Crippen molar-refractivity contribution in [3.8, 4) is 0 Å². The molecule has 0 bridgehead atoms. The van der Waals surface area contributed by atoms with Crippen molar-refractivity contribution in [2.45, 2.75) is 0 Å². The third-order valence-electron chi connectivity index (χ3n) is 0. The second kappa shape index (κ2) is 34.7. The normalized spacial score (nSPS) is 0. The van der Waals surface area contributed by atoms with Gasteiger partial charge in [0.15, 0.2) is 0 Å². The topological polar surface area (TPSA) is 0 Å². The van der Waals surface area contributed by atoms with Gasteiger partial charge in [-0.15, -0.1) is 0 Å². The quantitative estimate of drug-likeness (QED) is 0.325. The van der Waals surface area contributed by atoms with Gasteiger partial charge in [-0.3, -0.25) is 0 Å². The Labute approximate surface area is 128 Å². The van der Waals surface area contributed by atoms with Crippen LogP contribution in [0.1, 0.15) is 0 Å². The summed E-state index contributed by atoms with van der Waals surface area (Å²) < 4.78 is 0. The van der Waals surface area contributed by atoms with Crippen LogP contribution < -0.4 is 0 Å². The van der Waals surface area contributed by atoms with Crippen LogP contribution in [0.4, 0.5) is 0 Å². The van der Waals surface area contributed by atoms with E-state index >= 15 is 0 Å². The maximum absolute atomic E-state index is 0. The van der Waals surface area contributed by atoms with E-state index in [9.17, 15) is 0 Å². The monoisotopic (exact) mass is 527 g/mol. The molecule has 6 heteroatoms. The van der Waals surface area contributed by atoms with Crippen molar-refractivity contribution in [2.75, 3.05) is 0 Å². The van der Waals surface area contributed by atoms with Crippen LogP contribution >= 0.6 is 0 Å². The summed E-state index contributed by atoms with van der Waals surface area (Å²) in [7, 11) is 0. The summed E-state index contributed by atoms with van der Waals surface area (Å²) in [6.07, 6.45) is 0. The molecule has 0 fully saturated rings. The van der Waals surface area contributed by atoms with E-state index in [1.54, 1.807) is 0 Å². The van der Waals surface area contributed by atoms with E-state index in [2.05, 4.69) is 0 Å². The fourth-order valence-corrected chi connectivity index (χ4v) is 0. The van der Waals surface area contributed by atoms with Crippen LogP contribution in [0, 0.1) is 0 Å². The van der Waals surface area contributed by atoms with Crippen molar-refractivity contribution in [1.29, 1.82) is 0 Å². The van der Waals surface area contributed by atoms with E-state index in [1.807, 2.05) is 0 Å². The molecule has 6 heavy (non-hydrogen) atoms. The summed E-state index contributed by atoms with van der Waals surface area (Å²) in [5.74, 6) is 0. The van der Waals surface area contributed by atoms with E-state index in [0.717, 1.165) is 0 Å². The van der Waals surface area contributed by atoms with Crippen molar-refractivity contribution >= 4 is 47.8 Å². The first-order valence-corrected chi connectivity index (χ1v) is 0. The van der Waals surface area contributed by atoms with Crippen molar-refractivity contribution in [1.82, 2.24) is 0 Å². The minimum Gasteiger partial charge on any atom is 0 e. The van der Waals surface area contributed by atoms with Gasteiger partial charge < -0.3 is 0 Å². The van der Waals surface area contributed by atoms with Crippen LogP contribution in [-0.4, -0.2) is 47.8 Å². The molecule has 0 heterocycles. The standard InChI is InChI=1S/Ag.2Sn.Ti.2Zn.4H. The number of hydrogen-bond acceptors (Lipinski definition) is 0. The van der Waals surface area contributed by atoms with Crippen LogP contribution in [0.2, 0.25) is 0 Å². The summed E-state index contributed by atoms with van der Waals surface area (Å²) in [6.45, 7) is 0. The van der Waals surface area contributed by atoms with E-state index in [4.69, 9.17) is 0 Å². The Balaban J connectivity index is 0. The Bertz CT molecular complexity index is 11.5. The molecule has 0 aliphatic carbocycles. The fourth-order valence-electron chi connectivity index (χ4n) is 0. The Morgan fingerprint density at radius 2 is 0.667 bits per heavy atom. The van der Waals surface area contributed by atoms with Crippen LogP contribution in [0.3, 0.4) is 0 Å². The maximum Gasteiger partial charge on any atom is 0 e. The molecule has 5 radical (unpaired) electrons. The third kappa shape index (κ3) is 23.9. The van der Waals surface area contributed by atoms with Gasteiger partial charge in [-0.2, -0.15) is 0 Å². The first-order chi connectivity index (χ1) is 0. The van der Waals surface area contributed by atoms with Crippen LogP contribution in [0.15, 0.2) is 0 Å². The molecule has 0 spiro atoms. The molecule has 0 aliphatic heterocycles. The molecule has 0 unspecified atom stereocenters. The van der Waals surface area contributed by atoms with Gasteiger partial charge in [0.25, 0.3) is 0 Å². The molecule has 0 aromatic rings.